The highest BCUT2D eigenvalue weighted by molar-refractivity contribution is 9.10. The van der Waals surface area contributed by atoms with Crippen LogP contribution in [0.1, 0.15) is 12.5 Å². The summed E-state index contributed by atoms with van der Waals surface area (Å²) in [4.78, 5) is 27.3. The molecule has 0 atom stereocenters. The van der Waals surface area contributed by atoms with Gasteiger partial charge in [0.05, 0.1) is 38.2 Å². The third-order valence-corrected chi connectivity index (χ3v) is 5.34. The largest absolute Gasteiger partial charge is 0.493 e. The van der Waals surface area contributed by atoms with Crippen LogP contribution in [0.25, 0.3) is 6.08 Å². The molecule has 150 valence electrons. The molecule has 6 nitrogen and oxygen atoms in total. The van der Waals surface area contributed by atoms with Crippen LogP contribution >= 0.6 is 15.9 Å². The zero-order valence-electron chi connectivity index (χ0n) is 16.5. The molecule has 0 saturated carbocycles. The van der Waals surface area contributed by atoms with Crippen LogP contribution in [0.2, 0.25) is 0 Å². The summed E-state index contributed by atoms with van der Waals surface area (Å²) in [5, 5.41) is 0. The van der Waals surface area contributed by atoms with Gasteiger partial charge in [-0.1, -0.05) is 34.1 Å². The van der Waals surface area contributed by atoms with Crippen LogP contribution in [0.15, 0.2) is 63.8 Å². The molecule has 1 heterocycles. The summed E-state index contributed by atoms with van der Waals surface area (Å²) in [5.41, 5.74) is 2.30. The molecule has 0 saturated heterocycles. The van der Waals surface area contributed by atoms with Crippen molar-refractivity contribution >= 4 is 39.6 Å². The van der Waals surface area contributed by atoms with Gasteiger partial charge >= 0.3 is 5.97 Å². The van der Waals surface area contributed by atoms with Crippen molar-refractivity contribution in [2.45, 2.75) is 6.92 Å². The van der Waals surface area contributed by atoms with Crippen molar-refractivity contribution in [3.8, 4) is 11.5 Å². The van der Waals surface area contributed by atoms with Crippen molar-refractivity contribution in [2.24, 2.45) is 0 Å². The molecule has 0 aliphatic carbocycles. The van der Waals surface area contributed by atoms with E-state index in [0.29, 0.717) is 22.9 Å². The fourth-order valence-electron chi connectivity index (χ4n) is 3.20. The molecular weight excluding hydrogens is 438 g/mol. The number of carbonyl (C=O) groups excluding carboxylic acids is 2. The lowest BCUT2D eigenvalue weighted by molar-refractivity contribution is -0.136. The van der Waals surface area contributed by atoms with Crippen LogP contribution in [-0.2, 0) is 14.3 Å². The summed E-state index contributed by atoms with van der Waals surface area (Å²) in [7, 11) is 4.36. The summed E-state index contributed by atoms with van der Waals surface area (Å²) < 4.78 is 16.4. The summed E-state index contributed by atoms with van der Waals surface area (Å²) in [6.07, 6.45) is 1.68. The minimum atomic E-state index is -0.572. The molecule has 0 fully saturated rings. The first-order chi connectivity index (χ1) is 13.9. The maximum absolute atomic E-state index is 13.3. The number of ether oxygens (including phenoxy) is 3. The first-order valence-electron chi connectivity index (χ1n) is 8.75. The second-order valence-electron chi connectivity index (χ2n) is 6.21. The van der Waals surface area contributed by atoms with Crippen molar-refractivity contribution in [3.05, 3.63) is 69.3 Å². The van der Waals surface area contributed by atoms with Crippen LogP contribution in [0.3, 0.4) is 0 Å². The van der Waals surface area contributed by atoms with Crippen molar-refractivity contribution in [1.29, 1.82) is 0 Å². The van der Waals surface area contributed by atoms with E-state index in [1.54, 1.807) is 31.2 Å². The molecular formula is C22H20BrNO5. The fourth-order valence-corrected chi connectivity index (χ4v) is 3.60. The Labute approximate surface area is 177 Å². The SMILES string of the molecule is COC(=O)C1=C(C)N(c2ccc(OC)c(OC)c2)C(=O)/C1=C\c1ccccc1Br. The second-order valence-corrected chi connectivity index (χ2v) is 7.07. The Kier molecular flexibility index (Phi) is 6.08. The molecule has 0 spiro atoms. The quantitative estimate of drug-likeness (QED) is 0.493. The van der Waals surface area contributed by atoms with Gasteiger partial charge in [-0.05, 0) is 36.8 Å². The molecule has 2 aromatic carbocycles. The van der Waals surface area contributed by atoms with Gasteiger partial charge in [-0.15, -0.1) is 0 Å². The van der Waals surface area contributed by atoms with Crippen molar-refractivity contribution < 1.29 is 23.8 Å². The summed E-state index contributed by atoms with van der Waals surface area (Å²) in [6, 6.07) is 12.6. The molecule has 0 N–H and O–H groups in total. The lowest BCUT2D eigenvalue weighted by atomic mass is 10.0. The van der Waals surface area contributed by atoms with Crippen molar-refractivity contribution in [3.63, 3.8) is 0 Å². The molecule has 1 aliphatic heterocycles. The Morgan fingerprint density at radius 3 is 2.34 bits per heavy atom. The molecule has 0 bridgehead atoms. The monoisotopic (exact) mass is 457 g/mol. The maximum atomic E-state index is 13.3. The third-order valence-electron chi connectivity index (χ3n) is 4.62. The Morgan fingerprint density at radius 1 is 1.03 bits per heavy atom. The maximum Gasteiger partial charge on any atom is 0.340 e. The Balaban J connectivity index is 2.16. The molecule has 1 aliphatic rings. The van der Waals surface area contributed by atoms with Gasteiger partial charge in [0.15, 0.2) is 11.5 Å². The van der Waals surface area contributed by atoms with E-state index < -0.39 is 5.97 Å². The topological polar surface area (TPSA) is 65.1 Å². The number of hydrogen-bond donors (Lipinski definition) is 0. The van der Waals surface area contributed by atoms with Gasteiger partial charge < -0.3 is 14.2 Å². The molecule has 0 radical (unpaired) electrons. The van der Waals surface area contributed by atoms with Crippen LogP contribution in [0.5, 0.6) is 11.5 Å². The Hall–Kier alpha value is -3.06. The van der Waals surface area contributed by atoms with E-state index in [-0.39, 0.29) is 17.1 Å². The minimum absolute atomic E-state index is 0.225. The van der Waals surface area contributed by atoms with Gasteiger partial charge in [0, 0.05) is 16.2 Å². The predicted octanol–water partition coefficient (Wildman–Crippen LogP) is 4.34. The summed E-state index contributed by atoms with van der Waals surface area (Å²) >= 11 is 3.48. The number of anilines is 1. The zero-order chi connectivity index (χ0) is 21.1. The van der Waals surface area contributed by atoms with Gasteiger partial charge in [-0.2, -0.15) is 0 Å². The molecule has 0 aromatic heterocycles. The standard InChI is InChI=1S/C22H20BrNO5/c1-13-20(22(26)29-4)16(11-14-7-5-6-8-17(14)23)21(25)24(13)15-9-10-18(27-2)19(12-15)28-3/h5-12H,1-4H3/b16-11-. The zero-order valence-corrected chi connectivity index (χ0v) is 18.1. The number of amides is 1. The minimum Gasteiger partial charge on any atom is -0.493 e. The number of benzene rings is 2. The number of rotatable bonds is 5. The van der Waals surface area contributed by atoms with E-state index >= 15 is 0 Å². The number of methoxy groups -OCH3 is 3. The van der Waals surface area contributed by atoms with Crippen LogP contribution in [0, 0.1) is 0 Å². The van der Waals surface area contributed by atoms with E-state index in [1.165, 1.54) is 26.2 Å². The van der Waals surface area contributed by atoms with E-state index in [2.05, 4.69) is 15.9 Å². The molecule has 3 rings (SSSR count). The number of allylic oxidation sites excluding steroid dienone is 1. The average Bonchev–Trinajstić information content (AvgIpc) is 2.98. The summed E-state index contributed by atoms with van der Waals surface area (Å²) in [5.74, 6) is 0.123. The molecule has 29 heavy (non-hydrogen) atoms. The van der Waals surface area contributed by atoms with Crippen LogP contribution in [-0.4, -0.2) is 33.2 Å². The summed E-state index contributed by atoms with van der Waals surface area (Å²) in [6.45, 7) is 1.71. The lowest BCUT2D eigenvalue weighted by Gasteiger charge is -2.19. The molecule has 7 heteroatoms. The first-order valence-corrected chi connectivity index (χ1v) is 9.54. The Morgan fingerprint density at radius 2 is 1.72 bits per heavy atom. The van der Waals surface area contributed by atoms with Gasteiger partial charge in [-0.25, -0.2) is 4.79 Å². The number of nitrogens with zero attached hydrogens (tertiary/aromatic N) is 1. The van der Waals surface area contributed by atoms with E-state index in [0.717, 1.165) is 10.0 Å². The molecule has 0 unspecified atom stereocenters. The highest BCUT2D eigenvalue weighted by atomic mass is 79.9. The normalized spacial score (nSPS) is 15.1. The number of esters is 1. The van der Waals surface area contributed by atoms with E-state index in [9.17, 15) is 9.59 Å². The fraction of sp³-hybridized carbons (Fsp3) is 0.182. The predicted molar refractivity (Wildman–Crippen MR) is 114 cm³/mol. The number of carbonyl (C=O) groups is 2. The Bertz CT molecular complexity index is 1040. The molecule has 1 amide bonds. The third kappa shape index (κ3) is 3.78. The average molecular weight is 458 g/mol. The lowest BCUT2D eigenvalue weighted by Crippen LogP contribution is -2.24. The highest BCUT2D eigenvalue weighted by Crippen LogP contribution is 2.39. The van der Waals surface area contributed by atoms with Crippen LogP contribution in [0.4, 0.5) is 5.69 Å². The van der Waals surface area contributed by atoms with Gasteiger partial charge in [0.25, 0.3) is 5.91 Å². The number of halogens is 1. The van der Waals surface area contributed by atoms with E-state index in [4.69, 9.17) is 14.2 Å². The van der Waals surface area contributed by atoms with Crippen molar-refractivity contribution in [1.82, 2.24) is 0 Å². The van der Waals surface area contributed by atoms with Gasteiger partial charge in [0.1, 0.15) is 0 Å². The molecule has 2 aromatic rings. The highest BCUT2D eigenvalue weighted by Gasteiger charge is 2.38. The van der Waals surface area contributed by atoms with Crippen molar-refractivity contribution in [2.75, 3.05) is 26.2 Å². The van der Waals surface area contributed by atoms with Gasteiger partial charge in [-0.3, -0.25) is 9.69 Å². The second kappa shape index (κ2) is 8.53. The smallest absolute Gasteiger partial charge is 0.340 e. The van der Waals surface area contributed by atoms with Crippen LogP contribution < -0.4 is 14.4 Å². The van der Waals surface area contributed by atoms with E-state index in [1.807, 2.05) is 24.3 Å². The number of hydrogen-bond acceptors (Lipinski definition) is 5. The first kappa shape index (κ1) is 20.7. The van der Waals surface area contributed by atoms with Gasteiger partial charge in [0.2, 0.25) is 0 Å².